The number of nitrogens with one attached hydrogen (secondary N) is 1. The second-order valence-electron chi connectivity index (χ2n) is 5.41. The highest BCUT2D eigenvalue weighted by Crippen LogP contribution is 2.45. The zero-order valence-corrected chi connectivity index (χ0v) is 11.3. The molecular formula is C14H18BrN. The first-order valence-corrected chi connectivity index (χ1v) is 7.04. The van der Waals surface area contributed by atoms with Gasteiger partial charge in [0, 0.05) is 16.2 Å². The lowest BCUT2D eigenvalue weighted by atomic mass is 9.95. The van der Waals surface area contributed by atoms with Gasteiger partial charge in [0.2, 0.25) is 0 Å². The number of aryl methyl sites for hydroxylation is 1. The Morgan fingerprint density at radius 2 is 2.12 bits per heavy atom. The monoisotopic (exact) mass is 279 g/mol. The van der Waals surface area contributed by atoms with Crippen molar-refractivity contribution in [2.45, 2.75) is 38.6 Å². The van der Waals surface area contributed by atoms with E-state index in [1.54, 1.807) is 0 Å². The first kappa shape index (κ1) is 10.6. The van der Waals surface area contributed by atoms with Gasteiger partial charge in [-0.15, -0.1) is 0 Å². The maximum atomic E-state index is 3.72. The number of anilines is 1. The molecule has 2 saturated carbocycles. The quantitative estimate of drug-likeness (QED) is 0.848. The molecule has 3 unspecified atom stereocenters. The molecule has 2 bridgehead atoms. The molecule has 1 nitrogen and oxygen atoms in total. The van der Waals surface area contributed by atoms with E-state index in [9.17, 15) is 0 Å². The van der Waals surface area contributed by atoms with Gasteiger partial charge >= 0.3 is 0 Å². The Morgan fingerprint density at radius 3 is 2.75 bits per heavy atom. The second-order valence-corrected chi connectivity index (χ2v) is 6.26. The van der Waals surface area contributed by atoms with Gasteiger partial charge in [-0.25, -0.2) is 0 Å². The predicted octanol–water partition coefficient (Wildman–Crippen LogP) is 4.36. The highest BCUT2D eigenvalue weighted by molar-refractivity contribution is 9.10. The summed E-state index contributed by atoms with van der Waals surface area (Å²) in [6.45, 7) is 2.13. The third-order valence-electron chi connectivity index (χ3n) is 4.20. The molecule has 0 radical (unpaired) electrons. The summed E-state index contributed by atoms with van der Waals surface area (Å²) in [5, 5.41) is 3.72. The number of fused-ring (bicyclic) bond motifs is 2. The summed E-state index contributed by atoms with van der Waals surface area (Å²) in [6, 6.07) is 7.29. The number of halogens is 1. The van der Waals surface area contributed by atoms with Crippen LogP contribution in [0.1, 0.15) is 31.2 Å². The van der Waals surface area contributed by atoms with Crippen molar-refractivity contribution >= 4 is 21.6 Å². The smallest absolute Gasteiger partial charge is 0.0487 e. The molecule has 1 N–H and O–H groups in total. The summed E-state index contributed by atoms with van der Waals surface area (Å²) in [6.07, 6.45) is 5.75. The highest BCUT2D eigenvalue weighted by Gasteiger charge is 2.39. The maximum Gasteiger partial charge on any atom is 0.0487 e. The molecule has 0 spiro atoms. The highest BCUT2D eigenvalue weighted by atomic mass is 79.9. The Labute approximate surface area is 106 Å². The fourth-order valence-corrected chi connectivity index (χ4v) is 3.97. The topological polar surface area (TPSA) is 12.0 Å². The van der Waals surface area contributed by atoms with Crippen LogP contribution in [0.5, 0.6) is 0 Å². The van der Waals surface area contributed by atoms with Crippen LogP contribution in [0.15, 0.2) is 22.7 Å². The molecule has 0 saturated heterocycles. The zero-order valence-electron chi connectivity index (χ0n) is 9.67. The van der Waals surface area contributed by atoms with Gasteiger partial charge in [-0.2, -0.15) is 0 Å². The van der Waals surface area contributed by atoms with Crippen LogP contribution in [0, 0.1) is 18.8 Å². The molecule has 0 aliphatic heterocycles. The Hall–Kier alpha value is -0.500. The molecule has 1 aromatic carbocycles. The van der Waals surface area contributed by atoms with E-state index in [1.165, 1.54) is 41.4 Å². The molecule has 0 amide bonds. The van der Waals surface area contributed by atoms with Gasteiger partial charge in [-0.05, 0) is 71.6 Å². The van der Waals surface area contributed by atoms with Crippen molar-refractivity contribution in [3.63, 3.8) is 0 Å². The number of rotatable bonds is 2. The van der Waals surface area contributed by atoms with Gasteiger partial charge in [0.15, 0.2) is 0 Å². The van der Waals surface area contributed by atoms with Crippen LogP contribution in [0.4, 0.5) is 5.69 Å². The standard InChI is InChI=1S/C14H18BrN/c1-9-2-5-13(12(15)6-9)16-14-8-10-3-4-11(14)7-10/h2,5-6,10-11,14,16H,3-4,7-8H2,1H3. The number of benzene rings is 1. The van der Waals surface area contributed by atoms with Crippen LogP contribution < -0.4 is 5.32 Å². The summed E-state index contributed by atoms with van der Waals surface area (Å²) >= 11 is 3.64. The van der Waals surface area contributed by atoms with E-state index in [1.807, 2.05) is 0 Å². The van der Waals surface area contributed by atoms with Crippen molar-refractivity contribution in [2.75, 3.05) is 5.32 Å². The first-order valence-electron chi connectivity index (χ1n) is 6.25. The average molecular weight is 280 g/mol. The number of hydrogen-bond donors (Lipinski definition) is 1. The summed E-state index contributed by atoms with van der Waals surface area (Å²) in [5.41, 5.74) is 2.58. The minimum atomic E-state index is 0.720. The van der Waals surface area contributed by atoms with Gasteiger partial charge in [0.1, 0.15) is 0 Å². The van der Waals surface area contributed by atoms with Crippen LogP contribution in [0.2, 0.25) is 0 Å². The van der Waals surface area contributed by atoms with E-state index >= 15 is 0 Å². The minimum Gasteiger partial charge on any atom is -0.381 e. The molecule has 2 aliphatic carbocycles. The van der Waals surface area contributed by atoms with Crippen LogP contribution in [-0.4, -0.2) is 6.04 Å². The Morgan fingerprint density at radius 1 is 1.25 bits per heavy atom. The van der Waals surface area contributed by atoms with Gasteiger partial charge in [0.25, 0.3) is 0 Å². The van der Waals surface area contributed by atoms with Crippen LogP contribution >= 0.6 is 15.9 Å². The van der Waals surface area contributed by atoms with Crippen molar-refractivity contribution in [3.8, 4) is 0 Å². The molecule has 16 heavy (non-hydrogen) atoms. The van der Waals surface area contributed by atoms with E-state index in [0.717, 1.165) is 17.9 Å². The third-order valence-corrected chi connectivity index (χ3v) is 4.86. The number of hydrogen-bond acceptors (Lipinski definition) is 1. The fraction of sp³-hybridized carbons (Fsp3) is 0.571. The lowest BCUT2D eigenvalue weighted by Crippen LogP contribution is -2.25. The van der Waals surface area contributed by atoms with E-state index in [2.05, 4.69) is 46.4 Å². The van der Waals surface area contributed by atoms with Crippen LogP contribution in [-0.2, 0) is 0 Å². The third kappa shape index (κ3) is 1.88. The van der Waals surface area contributed by atoms with Gasteiger partial charge in [0.05, 0.1) is 0 Å². The van der Waals surface area contributed by atoms with E-state index < -0.39 is 0 Å². The molecule has 86 valence electrons. The largest absolute Gasteiger partial charge is 0.381 e. The lowest BCUT2D eigenvalue weighted by molar-refractivity contribution is 0.439. The zero-order chi connectivity index (χ0) is 11.1. The molecule has 0 heterocycles. The SMILES string of the molecule is Cc1ccc(NC2CC3CCC2C3)c(Br)c1. The Bertz CT molecular complexity index is 402. The van der Waals surface area contributed by atoms with Crippen molar-refractivity contribution in [1.82, 2.24) is 0 Å². The fourth-order valence-electron chi connectivity index (χ4n) is 3.36. The summed E-state index contributed by atoms with van der Waals surface area (Å²) in [4.78, 5) is 0. The van der Waals surface area contributed by atoms with Crippen molar-refractivity contribution < 1.29 is 0 Å². The first-order chi connectivity index (χ1) is 7.72. The van der Waals surface area contributed by atoms with Crippen molar-refractivity contribution in [3.05, 3.63) is 28.2 Å². The molecular weight excluding hydrogens is 262 g/mol. The summed E-state index contributed by atoms with van der Waals surface area (Å²) in [5.74, 6) is 1.94. The van der Waals surface area contributed by atoms with Gasteiger partial charge in [-0.1, -0.05) is 12.5 Å². The predicted molar refractivity (Wildman–Crippen MR) is 71.7 cm³/mol. The Kier molecular flexibility index (Phi) is 2.70. The molecule has 2 fully saturated rings. The van der Waals surface area contributed by atoms with Crippen molar-refractivity contribution in [1.29, 1.82) is 0 Å². The molecule has 2 aliphatic rings. The van der Waals surface area contributed by atoms with Crippen LogP contribution in [0.3, 0.4) is 0 Å². The molecule has 2 heteroatoms. The summed E-state index contributed by atoms with van der Waals surface area (Å²) < 4.78 is 1.20. The summed E-state index contributed by atoms with van der Waals surface area (Å²) in [7, 11) is 0. The van der Waals surface area contributed by atoms with Gasteiger partial charge < -0.3 is 5.32 Å². The minimum absolute atomic E-state index is 0.720. The molecule has 3 rings (SSSR count). The van der Waals surface area contributed by atoms with Crippen LogP contribution in [0.25, 0.3) is 0 Å². The Balaban J connectivity index is 1.74. The average Bonchev–Trinajstić information content (AvgIpc) is 2.84. The van der Waals surface area contributed by atoms with E-state index in [4.69, 9.17) is 0 Å². The van der Waals surface area contributed by atoms with Crippen molar-refractivity contribution in [2.24, 2.45) is 11.8 Å². The normalized spacial score (nSPS) is 32.0. The molecule has 1 aromatic rings. The lowest BCUT2D eigenvalue weighted by Gasteiger charge is -2.24. The van der Waals surface area contributed by atoms with Gasteiger partial charge in [-0.3, -0.25) is 0 Å². The second kappa shape index (κ2) is 4.06. The molecule has 3 atom stereocenters. The molecule has 0 aromatic heterocycles. The van der Waals surface area contributed by atoms with E-state index in [0.29, 0.717) is 0 Å². The van der Waals surface area contributed by atoms with E-state index in [-0.39, 0.29) is 0 Å². The maximum absolute atomic E-state index is 3.72.